The number of ether oxygens (including phenoxy) is 1. The summed E-state index contributed by atoms with van der Waals surface area (Å²) in [6, 6.07) is 3.89. The highest BCUT2D eigenvalue weighted by Crippen LogP contribution is 2.35. The van der Waals surface area contributed by atoms with Crippen LogP contribution < -0.4 is 5.32 Å². The average molecular weight is 285 g/mol. The molecule has 1 aliphatic carbocycles. The molecule has 2 atom stereocenters. The molecule has 1 aliphatic rings. The molecular weight excluding hydrogens is 264 g/mol. The minimum Gasteiger partial charge on any atom is -0.396 e. The third-order valence-corrected chi connectivity index (χ3v) is 3.73. The summed E-state index contributed by atoms with van der Waals surface area (Å²) in [5, 5.41) is 12.5. The molecule has 20 heavy (non-hydrogen) atoms. The highest BCUT2D eigenvalue weighted by atomic mass is 19.2. The van der Waals surface area contributed by atoms with E-state index in [1.807, 2.05) is 0 Å². The van der Waals surface area contributed by atoms with Crippen LogP contribution in [-0.4, -0.2) is 31.5 Å². The van der Waals surface area contributed by atoms with E-state index in [2.05, 4.69) is 5.32 Å². The van der Waals surface area contributed by atoms with E-state index in [1.54, 1.807) is 13.2 Å². The summed E-state index contributed by atoms with van der Waals surface area (Å²) in [5.41, 5.74) is 0.661. The number of nitrogens with one attached hydrogen (secondary N) is 1. The zero-order valence-electron chi connectivity index (χ0n) is 11.6. The first-order valence-corrected chi connectivity index (χ1v) is 6.96. The van der Waals surface area contributed by atoms with E-state index in [0.717, 1.165) is 18.9 Å². The van der Waals surface area contributed by atoms with Crippen molar-refractivity contribution in [3.05, 3.63) is 35.4 Å². The van der Waals surface area contributed by atoms with E-state index in [9.17, 15) is 8.78 Å². The monoisotopic (exact) mass is 285 g/mol. The molecule has 0 aliphatic heterocycles. The minimum atomic E-state index is -0.851. The fraction of sp³-hybridized carbons (Fsp3) is 0.600. The van der Waals surface area contributed by atoms with Crippen LogP contribution in [0.5, 0.6) is 0 Å². The van der Waals surface area contributed by atoms with Gasteiger partial charge in [0.2, 0.25) is 0 Å². The Morgan fingerprint density at radius 2 is 2.10 bits per heavy atom. The Kier molecular flexibility index (Phi) is 5.46. The Bertz CT molecular complexity index is 438. The van der Waals surface area contributed by atoms with Crippen LogP contribution in [0.3, 0.4) is 0 Å². The SMILES string of the molecule is COCC(NC(CCO)C1CC1)c1ccc(F)c(F)c1. The molecule has 0 bridgehead atoms. The molecule has 0 aromatic heterocycles. The van der Waals surface area contributed by atoms with Crippen molar-refractivity contribution < 1.29 is 18.6 Å². The van der Waals surface area contributed by atoms with Crippen LogP contribution in [0.2, 0.25) is 0 Å². The Labute approximate surface area is 117 Å². The lowest BCUT2D eigenvalue weighted by Crippen LogP contribution is -2.37. The summed E-state index contributed by atoms with van der Waals surface area (Å²) in [6.45, 7) is 0.491. The van der Waals surface area contributed by atoms with E-state index in [1.165, 1.54) is 6.07 Å². The van der Waals surface area contributed by atoms with E-state index < -0.39 is 11.6 Å². The van der Waals surface area contributed by atoms with Crippen LogP contribution in [0, 0.1) is 17.6 Å². The van der Waals surface area contributed by atoms with Crippen molar-refractivity contribution >= 4 is 0 Å². The van der Waals surface area contributed by atoms with Crippen molar-refractivity contribution in [2.75, 3.05) is 20.3 Å². The molecule has 3 nitrogen and oxygen atoms in total. The zero-order chi connectivity index (χ0) is 14.5. The van der Waals surface area contributed by atoms with Crippen LogP contribution in [0.15, 0.2) is 18.2 Å². The van der Waals surface area contributed by atoms with Gasteiger partial charge in [-0.25, -0.2) is 8.78 Å². The summed E-state index contributed by atoms with van der Waals surface area (Å²) >= 11 is 0. The van der Waals surface area contributed by atoms with E-state index >= 15 is 0 Å². The van der Waals surface area contributed by atoms with Gasteiger partial charge in [0, 0.05) is 19.8 Å². The standard InChI is InChI=1S/C15H21F2NO2/c1-20-9-15(11-4-5-12(16)13(17)8-11)18-14(6-7-19)10-2-3-10/h4-5,8,10,14-15,18-19H,2-3,6-7,9H2,1H3. The van der Waals surface area contributed by atoms with Crippen molar-refractivity contribution in [2.24, 2.45) is 5.92 Å². The van der Waals surface area contributed by atoms with Gasteiger partial charge < -0.3 is 15.2 Å². The van der Waals surface area contributed by atoms with E-state index in [4.69, 9.17) is 9.84 Å². The third-order valence-electron chi connectivity index (χ3n) is 3.73. The zero-order valence-corrected chi connectivity index (χ0v) is 11.6. The van der Waals surface area contributed by atoms with E-state index in [0.29, 0.717) is 24.5 Å². The second kappa shape index (κ2) is 7.11. The molecule has 1 aromatic rings. The number of aliphatic hydroxyl groups excluding tert-OH is 1. The molecule has 0 radical (unpaired) electrons. The number of methoxy groups -OCH3 is 1. The Hall–Kier alpha value is -1.04. The maximum Gasteiger partial charge on any atom is 0.159 e. The lowest BCUT2D eigenvalue weighted by molar-refractivity contribution is 0.152. The molecule has 1 fully saturated rings. The van der Waals surface area contributed by atoms with Crippen LogP contribution in [-0.2, 0) is 4.74 Å². The first kappa shape index (κ1) is 15.4. The molecule has 0 saturated heterocycles. The van der Waals surface area contributed by atoms with Gasteiger partial charge in [0.15, 0.2) is 11.6 Å². The lowest BCUT2D eigenvalue weighted by atomic mass is 10.0. The summed E-state index contributed by atoms with van der Waals surface area (Å²) in [6.07, 6.45) is 2.96. The molecule has 0 spiro atoms. The van der Waals surface area contributed by atoms with Crippen LogP contribution in [0.4, 0.5) is 8.78 Å². The smallest absolute Gasteiger partial charge is 0.159 e. The largest absolute Gasteiger partial charge is 0.396 e. The maximum atomic E-state index is 13.4. The molecule has 1 aromatic carbocycles. The summed E-state index contributed by atoms with van der Waals surface area (Å²) in [4.78, 5) is 0. The molecule has 5 heteroatoms. The highest BCUT2D eigenvalue weighted by molar-refractivity contribution is 5.21. The predicted molar refractivity (Wildman–Crippen MR) is 72.3 cm³/mol. The van der Waals surface area contributed by atoms with Gasteiger partial charge in [0.25, 0.3) is 0 Å². The second-order valence-corrected chi connectivity index (χ2v) is 5.30. The van der Waals surface area contributed by atoms with Gasteiger partial charge in [-0.05, 0) is 42.9 Å². The topological polar surface area (TPSA) is 41.5 Å². The van der Waals surface area contributed by atoms with Crippen LogP contribution >= 0.6 is 0 Å². The molecule has 1 saturated carbocycles. The number of benzene rings is 1. The molecule has 2 N–H and O–H groups in total. The summed E-state index contributed by atoms with van der Waals surface area (Å²) in [5.74, 6) is -1.14. The number of hydrogen-bond acceptors (Lipinski definition) is 3. The Balaban J connectivity index is 2.10. The van der Waals surface area contributed by atoms with Crippen molar-refractivity contribution in [1.29, 1.82) is 0 Å². The molecule has 2 rings (SSSR count). The number of hydrogen-bond donors (Lipinski definition) is 2. The number of rotatable bonds is 8. The van der Waals surface area contributed by atoms with Gasteiger partial charge in [-0.1, -0.05) is 6.07 Å². The van der Waals surface area contributed by atoms with Gasteiger partial charge in [-0.15, -0.1) is 0 Å². The van der Waals surface area contributed by atoms with Crippen molar-refractivity contribution in [1.82, 2.24) is 5.32 Å². The molecule has 2 unspecified atom stereocenters. The first-order valence-electron chi connectivity index (χ1n) is 6.96. The first-order chi connectivity index (χ1) is 9.65. The van der Waals surface area contributed by atoms with Gasteiger partial charge in [-0.2, -0.15) is 0 Å². The summed E-state index contributed by atoms with van der Waals surface area (Å²) in [7, 11) is 1.58. The second-order valence-electron chi connectivity index (χ2n) is 5.30. The van der Waals surface area contributed by atoms with Crippen molar-refractivity contribution in [3.63, 3.8) is 0 Å². The lowest BCUT2D eigenvalue weighted by Gasteiger charge is -2.25. The van der Waals surface area contributed by atoms with Gasteiger partial charge >= 0.3 is 0 Å². The van der Waals surface area contributed by atoms with Gasteiger partial charge in [0.1, 0.15) is 0 Å². The normalized spacial score (nSPS) is 18.0. The number of aliphatic hydroxyl groups is 1. The fourth-order valence-electron chi connectivity index (χ4n) is 2.49. The molecule has 0 heterocycles. The van der Waals surface area contributed by atoms with Gasteiger partial charge in [0.05, 0.1) is 12.6 Å². The predicted octanol–water partition coefficient (Wildman–Crippen LogP) is 2.40. The Morgan fingerprint density at radius 3 is 2.65 bits per heavy atom. The minimum absolute atomic E-state index is 0.117. The molecule has 0 amide bonds. The highest BCUT2D eigenvalue weighted by Gasteiger charge is 2.32. The molecular formula is C15H21F2NO2. The van der Waals surface area contributed by atoms with Crippen LogP contribution in [0.25, 0.3) is 0 Å². The quantitative estimate of drug-likeness (QED) is 0.770. The molecule has 112 valence electrons. The fourth-order valence-corrected chi connectivity index (χ4v) is 2.49. The maximum absolute atomic E-state index is 13.4. The average Bonchev–Trinajstić information content (AvgIpc) is 3.25. The Morgan fingerprint density at radius 1 is 1.35 bits per heavy atom. The third kappa shape index (κ3) is 3.98. The van der Waals surface area contributed by atoms with Gasteiger partial charge in [-0.3, -0.25) is 0 Å². The number of halogens is 2. The van der Waals surface area contributed by atoms with Crippen LogP contribution in [0.1, 0.15) is 30.9 Å². The summed E-state index contributed by atoms with van der Waals surface area (Å²) < 4.78 is 31.5. The van der Waals surface area contributed by atoms with E-state index in [-0.39, 0.29) is 18.7 Å². The van der Waals surface area contributed by atoms with Crippen molar-refractivity contribution in [2.45, 2.75) is 31.3 Å². The van der Waals surface area contributed by atoms with Crippen molar-refractivity contribution in [3.8, 4) is 0 Å².